The molecule has 2 amide bonds. The van der Waals surface area contributed by atoms with Crippen molar-refractivity contribution < 1.29 is 23.9 Å². The number of hydrogen-bond donors (Lipinski definition) is 2. The molecule has 0 spiro atoms. The maximum Gasteiger partial charge on any atom is 0.328 e. The molecule has 1 heterocycles. The molecule has 1 aliphatic carbocycles. The fourth-order valence-electron chi connectivity index (χ4n) is 5.71. The van der Waals surface area contributed by atoms with E-state index >= 15 is 0 Å². The number of aryl methyl sites for hydroxylation is 1. The summed E-state index contributed by atoms with van der Waals surface area (Å²) in [4.78, 5) is 38.3. The van der Waals surface area contributed by atoms with Crippen molar-refractivity contribution in [1.29, 1.82) is 0 Å². The van der Waals surface area contributed by atoms with Crippen LogP contribution in [-0.2, 0) is 25.5 Å². The van der Waals surface area contributed by atoms with Crippen LogP contribution >= 0.6 is 0 Å². The van der Waals surface area contributed by atoms with Crippen molar-refractivity contribution in [1.82, 2.24) is 5.32 Å². The van der Waals surface area contributed by atoms with Gasteiger partial charge in [-0.2, -0.15) is 0 Å². The molecule has 1 aromatic rings. The van der Waals surface area contributed by atoms with Gasteiger partial charge in [0.1, 0.15) is 17.9 Å². The van der Waals surface area contributed by atoms with Gasteiger partial charge in [-0.15, -0.1) is 0 Å². The summed E-state index contributed by atoms with van der Waals surface area (Å²) in [5.41, 5.74) is 3.15. The summed E-state index contributed by atoms with van der Waals surface area (Å²) in [5, 5.41) is 6.01. The lowest BCUT2D eigenvalue weighted by atomic mass is 9.88. The Morgan fingerprint density at radius 3 is 2.48 bits per heavy atom. The van der Waals surface area contributed by atoms with Crippen molar-refractivity contribution in [2.75, 3.05) is 12.4 Å². The summed E-state index contributed by atoms with van der Waals surface area (Å²) in [6.45, 7) is 3.84. The number of hydrogen-bond acceptors (Lipinski definition) is 5. The lowest BCUT2D eigenvalue weighted by molar-refractivity contribution is -0.153. The van der Waals surface area contributed by atoms with Gasteiger partial charge in [-0.25, -0.2) is 4.79 Å². The van der Waals surface area contributed by atoms with Gasteiger partial charge in [0.2, 0.25) is 11.8 Å². The van der Waals surface area contributed by atoms with Crippen molar-refractivity contribution in [3.8, 4) is 5.75 Å². The second kappa shape index (κ2) is 18.4. The normalized spacial score (nSPS) is 23.2. The van der Waals surface area contributed by atoms with Crippen molar-refractivity contribution in [3.63, 3.8) is 0 Å². The molecule has 42 heavy (non-hydrogen) atoms. The number of anilines is 1. The SMILES string of the molecule is COc1ccc2c(c1)NC(=O)CCCCCC/C=C/C[C@H](OC(=O)[C@@H](C)NC(=O)C1CCCCC1)CC/C(C)=C/CC2. The van der Waals surface area contributed by atoms with Crippen LogP contribution in [0.3, 0.4) is 0 Å². The summed E-state index contributed by atoms with van der Waals surface area (Å²) in [6.07, 6.45) is 20.8. The molecule has 0 aromatic heterocycles. The van der Waals surface area contributed by atoms with E-state index < -0.39 is 6.04 Å². The third kappa shape index (κ3) is 12.0. The van der Waals surface area contributed by atoms with Crippen LogP contribution in [0.4, 0.5) is 5.69 Å². The topological polar surface area (TPSA) is 93.7 Å². The van der Waals surface area contributed by atoms with E-state index in [-0.39, 0.29) is 29.8 Å². The van der Waals surface area contributed by atoms with Crippen LogP contribution in [0.15, 0.2) is 42.0 Å². The molecule has 0 saturated heterocycles. The van der Waals surface area contributed by atoms with E-state index in [0.29, 0.717) is 12.8 Å². The minimum Gasteiger partial charge on any atom is -0.497 e. The molecule has 1 saturated carbocycles. The van der Waals surface area contributed by atoms with Crippen molar-refractivity contribution in [2.45, 2.75) is 129 Å². The number of allylic oxidation sites excluding steroid dienone is 3. The minimum absolute atomic E-state index is 0.0137. The Bertz CT molecular complexity index is 1070. The number of benzene rings is 1. The first-order valence-corrected chi connectivity index (χ1v) is 16.1. The highest BCUT2D eigenvalue weighted by Crippen LogP contribution is 2.26. The third-order valence-corrected chi connectivity index (χ3v) is 8.42. The summed E-state index contributed by atoms with van der Waals surface area (Å²) in [7, 11) is 1.63. The van der Waals surface area contributed by atoms with Crippen molar-refractivity contribution in [2.24, 2.45) is 5.92 Å². The molecule has 2 N–H and O–H groups in total. The highest BCUT2D eigenvalue weighted by Gasteiger charge is 2.26. The number of carbonyl (C=O) groups is 3. The molecule has 2 atom stereocenters. The Kier molecular flexibility index (Phi) is 14.7. The lowest BCUT2D eigenvalue weighted by Gasteiger charge is -2.24. The molecule has 232 valence electrons. The van der Waals surface area contributed by atoms with E-state index in [1.54, 1.807) is 14.0 Å². The number of nitrogens with one attached hydrogen (secondary N) is 2. The molecular weight excluding hydrogens is 528 g/mol. The molecule has 0 bridgehead atoms. The maximum absolute atomic E-state index is 13.0. The van der Waals surface area contributed by atoms with E-state index in [4.69, 9.17) is 9.47 Å². The lowest BCUT2D eigenvalue weighted by Crippen LogP contribution is -2.43. The van der Waals surface area contributed by atoms with Gasteiger partial charge in [-0.3, -0.25) is 9.59 Å². The second-order valence-electron chi connectivity index (χ2n) is 12.0. The average Bonchev–Trinajstić information content (AvgIpc) is 2.99. The van der Waals surface area contributed by atoms with E-state index in [2.05, 4.69) is 35.8 Å². The van der Waals surface area contributed by atoms with Crippen LogP contribution in [0.25, 0.3) is 0 Å². The zero-order valence-corrected chi connectivity index (χ0v) is 26.1. The molecule has 7 nitrogen and oxygen atoms in total. The quantitative estimate of drug-likeness (QED) is 0.276. The Balaban J connectivity index is 1.62. The summed E-state index contributed by atoms with van der Waals surface area (Å²) in [5.74, 6) is 0.414. The van der Waals surface area contributed by atoms with Gasteiger partial charge in [-0.05, 0) is 83.3 Å². The van der Waals surface area contributed by atoms with E-state index in [9.17, 15) is 14.4 Å². The van der Waals surface area contributed by atoms with Gasteiger partial charge in [0.05, 0.1) is 7.11 Å². The average molecular weight is 581 g/mol. The zero-order chi connectivity index (χ0) is 30.2. The zero-order valence-electron chi connectivity index (χ0n) is 26.1. The Morgan fingerprint density at radius 1 is 0.929 bits per heavy atom. The van der Waals surface area contributed by atoms with Crippen molar-refractivity contribution >= 4 is 23.5 Å². The monoisotopic (exact) mass is 580 g/mol. The molecule has 1 fully saturated rings. The van der Waals surface area contributed by atoms with Crippen LogP contribution in [0.2, 0.25) is 0 Å². The number of rotatable bonds is 5. The number of fused-ring (bicyclic) bond motifs is 1. The van der Waals surface area contributed by atoms with Crippen LogP contribution in [0.1, 0.15) is 116 Å². The smallest absolute Gasteiger partial charge is 0.328 e. The Hall–Kier alpha value is -3.09. The van der Waals surface area contributed by atoms with Gasteiger partial charge in [-0.1, -0.05) is 62.0 Å². The fraction of sp³-hybridized carbons (Fsp3) is 0.629. The second-order valence-corrected chi connectivity index (χ2v) is 12.0. The van der Waals surface area contributed by atoms with Crippen LogP contribution in [0.5, 0.6) is 5.75 Å². The number of ether oxygens (including phenoxy) is 2. The predicted octanol–water partition coefficient (Wildman–Crippen LogP) is 7.59. The van der Waals surface area contributed by atoms with Gasteiger partial charge >= 0.3 is 5.97 Å². The maximum atomic E-state index is 13.0. The number of esters is 1. The summed E-state index contributed by atoms with van der Waals surface area (Å²) < 4.78 is 11.3. The highest BCUT2D eigenvalue weighted by atomic mass is 16.5. The van der Waals surface area contributed by atoms with Gasteiger partial charge < -0.3 is 20.1 Å². The molecule has 1 aromatic carbocycles. The van der Waals surface area contributed by atoms with E-state index in [0.717, 1.165) is 100 Å². The van der Waals surface area contributed by atoms with Gasteiger partial charge in [0, 0.05) is 30.5 Å². The summed E-state index contributed by atoms with van der Waals surface area (Å²) in [6, 6.07) is 5.21. The first-order chi connectivity index (χ1) is 20.4. The first kappa shape index (κ1) is 33.4. The minimum atomic E-state index is -0.653. The van der Waals surface area contributed by atoms with Crippen LogP contribution < -0.4 is 15.4 Å². The standard InChI is InChI=1S/C35H52N2O5/c1-26-15-14-18-28-22-24-31(41-3)25-32(28)37-33(38)20-13-8-6-4-5-7-12-19-30(23-21-26)42-35(40)27(2)36-34(39)29-16-10-9-11-17-29/h7,12,15,22,24-25,27,29-30H,4-6,8-11,13-14,16-21,23H2,1-3H3,(H,36,39)(H,37,38)/b12-7+,26-15+/t27-,30+/m1/s1. The van der Waals surface area contributed by atoms with Gasteiger partial charge in [0.15, 0.2) is 0 Å². The molecule has 3 rings (SSSR count). The Labute approximate surface area is 252 Å². The molecule has 2 aliphatic rings. The number of amides is 2. The van der Waals surface area contributed by atoms with E-state index in [1.165, 1.54) is 12.0 Å². The highest BCUT2D eigenvalue weighted by molar-refractivity contribution is 5.91. The Morgan fingerprint density at radius 2 is 1.69 bits per heavy atom. The first-order valence-electron chi connectivity index (χ1n) is 16.1. The van der Waals surface area contributed by atoms with Crippen LogP contribution in [0, 0.1) is 5.92 Å². The molecule has 0 unspecified atom stereocenters. The van der Waals surface area contributed by atoms with E-state index in [1.807, 2.05) is 18.2 Å². The summed E-state index contributed by atoms with van der Waals surface area (Å²) >= 11 is 0. The molecular formula is C35H52N2O5. The molecule has 1 aliphatic heterocycles. The third-order valence-electron chi connectivity index (χ3n) is 8.42. The largest absolute Gasteiger partial charge is 0.497 e. The molecule has 7 heteroatoms. The van der Waals surface area contributed by atoms with Crippen molar-refractivity contribution in [3.05, 3.63) is 47.6 Å². The molecule has 0 radical (unpaired) electrons. The predicted molar refractivity (Wildman–Crippen MR) is 168 cm³/mol. The van der Waals surface area contributed by atoms with Crippen LogP contribution in [-0.4, -0.2) is 37.0 Å². The number of methoxy groups -OCH3 is 1. The van der Waals surface area contributed by atoms with Gasteiger partial charge in [0.25, 0.3) is 0 Å². The number of carbonyl (C=O) groups excluding carboxylic acids is 3. The fourth-order valence-corrected chi connectivity index (χ4v) is 5.71.